The van der Waals surface area contributed by atoms with Crippen molar-refractivity contribution in [2.24, 2.45) is 0 Å². The van der Waals surface area contributed by atoms with Crippen molar-refractivity contribution in [2.45, 2.75) is 24.5 Å². The summed E-state index contributed by atoms with van der Waals surface area (Å²) >= 11 is 2.06. The molecule has 1 N–H and O–H groups in total. The Kier molecular flexibility index (Phi) is 2.70. The summed E-state index contributed by atoms with van der Waals surface area (Å²) in [4.78, 5) is 4.39. The standard InChI is InChI=1S/C12H16N4S/c1-12(4-2-8-17-12)9-14-11-10-3-5-15-16(10)7-6-13-11/h3,5-7H,2,4,8-9H2,1H3,(H,13,14). The highest BCUT2D eigenvalue weighted by Gasteiger charge is 2.29. The zero-order valence-corrected chi connectivity index (χ0v) is 10.7. The molecule has 90 valence electrons. The van der Waals surface area contributed by atoms with E-state index in [0.717, 1.165) is 17.9 Å². The molecule has 17 heavy (non-hydrogen) atoms. The molecular formula is C12H16N4S. The van der Waals surface area contributed by atoms with Crippen LogP contribution in [0.15, 0.2) is 24.7 Å². The van der Waals surface area contributed by atoms with Crippen molar-refractivity contribution >= 4 is 23.1 Å². The van der Waals surface area contributed by atoms with Crippen molar-refractivity contribution < 1.29 is 0 Å². The van der Waals surface area contributed by atoms with Gasteiger partial charge in [0.2, 0.25) is 0 Å². The Balaban J connectivity index is 1.78. The van der Waals surface area contributed by atoms with E-state index in [1.165, 1.54) is 18.6 Å². The number of nitrogens with one attached hydrogen (secondary N) is 1. The first-order chi connectivity index (χ1) is 8.27. The number of nitrogens with zero attached hydrogens (tertiary/aromatic N) is 3. The van der Waals surface area contributed by atoms with E-state index in [9.17, 15) is 0 Å². The molecule has 0 radical (unpaired) electrons. The lowest BCUT2D eigenvalue weighted by atomic mass is 10.1. The van der Waals surface area contributed by atoms with E-state index in [1.54, 1.807) is 12.4 Å². The molecule has 1 fully saturated rings. The number of hydrogen-bond donors (Lipinski definition) is 1. The second-order valence-corrected chi connectivity index (χ2v) is 6.37. The fourth-order valence-electron chi connectivity index (χ4n) is 2.24. The Bertz CT molecular complexity index is 516. The maximum atomic E-state index is 4.39. The second kappa shape index (κ2) is 4.22. The van der Waals surface area contributed by atoms with Crippen LogP contribution < -0.4 is 5.32 Å². The normalized spacial score (nSPS) is 24.3. The smallest absolute Gasteiger partial charge is 0.152 e. The predicted molar refractivity (Wildman–Crippen MR) is 71.6 cm³/mol. The van der Waals surface area contributed by atoms with Crippen LogP contribution in [-0.4, -0.2) is 31.6 Å². The minimum Gasteiger partial charge on any atom is -0.367 e. The van der Waals surface area contributed by atoms with Crippen LogP contribution in [0.5, 0.6) is 0 Å². The van der Waals surface area contributed by atoms with Crippen LogP contribution >= 0.6 is 11.8 Å². The fraction of sp³-hybridized carbons (Fsp3) is 0.500. The molecule has 1 aliphatic heterocycles. The molecule has 2 aromatic heterocycles. The third-order valence-corrected chi connectivity index (χ3v) is 4.79. The molecule has 0 aromatic carbocycles. The third-order valence-electron chi connectivity index (χ3n) is 3.25. The van der Waals surface area contributed by atoms with Crippen LogP contribution in [0.25, 0.3) is 5.52 Å². The van der Waals surface area contributed by atoms with Gasteiger partial charge in [0.15, 0.2) is 5.82 Å². The maximum absolute atomic E-state index is 4.39. The molecule has 3 heterocycles. The number of fused-ring (bicyclic) bond motifs is 1. The molecule has 5 heteroatoms. The van der Waals surface area contributed by atoms with E-state index in [2.05, 4.69) is 34.1 Å². The van der Waals surface area contributed by atoms with Crippen molar-refractivity contribution in [1.29, 1.82) is 0 Å². The number of anilines is 1. The molecule has 4 nitrogen and oxygen atoms in total. The molecule has 0 spiro atoms. The summed E-state index contributed by atoms with van der Waals surface area (Å²) in [5.74, 6) is 2.21. The molecule has 0 aliphatic carbocycles. The Morgan fingerprint density at radius 1 is 1.53 bits per heavy atom. The molecule has 2 aromatic rings. The summed E-state index contributed by atoms with van der Waals surface area (Å²) in [7, 11) is 0. The van der Waals surface area contributed by atoms with Gasteiger partial charge < -0.3 is 5.32 Å². The Morgan fingerprint density at radius 2 is 2.47 bits per heavy atom. The summed E-state index contributed by atoms with van der Waals surface area (Å²) in [6.45, 7) is 3.30. The topological polar surface area (TPSA) is 42.2 Å². The lowest BCUT2D eigenvalue weighted by Gasteiger charge is -2.23. The van der Waals surface area contributed by atoms with Gasteiger partial charge in [-0.2, -0.15) is 16.9 Å². The van der Waals surface area contributed by atoms with Gasteiger partial charge in [0, 0.05) is 23.7 Å². The zero-order chi connectivity index (χ0) is 11.7. The number of thioether (sulfide) groups is 1. The first-order valence-electron chi connectivity index (χ1n) is 5.93. The van der Waals surface area contributed by atoms with Gasteiger partial charge in [-0.1, -0.05) is 0 Å². The monoisotopic (exact) mass is 248 g/mol. The van der Waals surface area contributed by atoms with Gasteiger partial charge in [0.1, 0.15) is 5.52 Å². The Labute approximate surface area is 105 Å². The van der Waals surface area contributed by atoms with Crippen molar-refractivity contribution in [3.8, 4) is 0 Å². The highest BCUT2D eigenvalue weighted by Crippen LogP contribution is 2.37. The first kappa shape index (κ1) is 10.9. The summed E-state index contributed by atoms with van der Waals surface area (Å²) in [6.07, 6.45) is 8.06. The van der Waals surface area contributed by atoms with Gasteiger partial charge in [0.25, 0.3) is 0 Å². The van der Waals surface area contributed by atoms with Crippen molar-refractivity contribution in [3.05, 3.63) is 24.7 Å². The molecule has 1 saturated heterocycles. The first-order valence-corrected chi connectivity index (χ1v) is 6.92. The molecule has 0 bridgehead atoms. The SMILES string of the molecule is CC1(CNc2nccn3nccc23)CCCS1. The fourth-order valence-corrected chi connectivity index (χ4v) is 3.49. The molecule has 1 atom stereocenters. The van der Waals surface area contributed by atoms with Crippen molar-refractivity contribution in [3.63, 3.8) is 0 Å². The van der Waals surface area contributed by atoms with E-state index in [-0.39, 0.29) is 0 Å². The largest absolute Gasteiger partial charge is 0.367 e. The van der Waals surface area contributed by atoms with E-state index in [4.69, 9.17) is 0 Å². The summed E-state index contributed by atoms with van der Waals surface area (Å²) < 4.78 is 2.20. The van der Waals surface area contributed by atoms with E-state index in [1.807, 2.05) is 16.8 Å². The highest BCUT2D eigenvalue weighted by molar-refractivity contribution is 8.00. The molecular weight excluding hydrogens is 232 g/mol. The maximum Gasteiger partial charge on any atom is 0.152 e. The highest BCUT2D eigenvalue weighted by atomic mass is 32.2. The Morgan fingerprint density at radius 3 is 3.29 bits per heavy atom. The number of hydrogen-bond acceptors (Lipinski definition) is 4. The average molecular weight is 248 g/mol. The minimum atomic E-state index is 0.356. The summed E-state index contributed by atoms with van der Waals surface area (Å²) in [5.41, 5.74) is 1.04. The number of aromatic nitrogens is 3. The van der Waals surface area contributed by atoms with Gasteiger partial charge in [-0.05, 0) is 31.6 Å². The minimum absolute atomic E-state index is 0.356. The van der Waals surface area contributed by atoms with Crippen molar-refractivity contribution in [2.75, 3.05) is 17.6 Å². The van der Waals surface area contributed by atoms with E-state index in [0.29, 0.717) is 4.75 Å². The zero-order valence-electron chi connectivity index (χ0n) is 9.89. The molecule has 0 saturated carbocycles. The van der Waals surface area contributed by atoms with Gasteiger partial charge in [-0.25, -0.2) is 9.50 Å². The predicted octanol–water partition coefficient (Wildman–Crippen LogP) is 2.43. The van der Waals surface area contributed by atoms with Crippen LogP contribution in [0.4, 0.5) is 5.82 Å². The van der Waals surface area contributed by atoms with Crippen LogP contribution in [0, 0.1) is 0 Å². The quantitative estimate of drug-likeness (QED) is 0.906. The Hall–Kier alpha value is -1.23. The number of rotatable bonds is 3. The van der Waals surface area contributed by atoms with Gasteiger partial charge in [-0.3, -0.25) is 0 Å². The van der Waals surface area contributed by atoms with Crippen LogP contribution in [0.3, 0.4) is 0 Å². The van der Waals surface area contributed by atoms with E-state index < -0.39 is 0 Å². The van der Waals surface area contributed by atoms with Crippen LogP contribution in [-0.2, 0) is 0 Å². The van der Waals surface area contributed by atoms with Crippen LogP contribution in [0.1, 0.15) is 19.8 Å². The van der Waals surface area contributed by atoms with Gasteiger partial charge in [-0.15, -0.1) is 0 Å². The molecule has 0 amide bonds. The molecule has 1 unspecified atom stereocenters. The van der Waals surface area contributed by atoms with Gasteiger partial charge in [0.05, 0.1) is 6.20 Å². The summed E-state index contributed by atoms with van der Waals surface area (Å²) in [6, 6.07) is 1.99. The summed E-state index contributed by atoms with van der Waals surface area (Å²) in [5, 5.41) is 7.67. The third kappa shape index (κ3) is 2.11. The van der Waals surface area contributed by atoms with Crippen LogP contribution in [0.2, 0.25) is 0 Å². The lowest BCUT2D eigenvalue weighted by molar-refractivity contribution is 0.634. The van der Waals surface area contributed by atoms with Gasteiger partial charge >= 0.3 is 0 Å². The second-order valence-electron chi connectivity index (χ2n) is 4.69. The average Bonchev–Trinajstić information content (AvgIpc) is 2.95. The lowest BCUT2D eigenvalue weighted by Crippen LogP contribution is -2.27. The van der Waals surface area contributed by atoms with E-state index >= 15 is 0 Å². The van der Waals surface area contributed by atoms with Crippen molar-refractivity contribution in [1.82, 2.24) is 14.6 Å². The molecule has 1 aliphatic rings. The molecule has 3 rings (SSSR count).